The van der Waals surface area contributed by atoms with Gasteiger partial charge < -0.3 is 19.9 Å². The number of nitrogens with one attached hydrogen (secondary N) is 2. The van der Waals surface area contributed by atoms with E-state index in [1.807, 2.05) is 24.3 Å². The lowest BCUT2D eigenvalue weighted by molar-refractivity contribution is -0.127. The SMILES string of the molecule is COc1ccc(CCN2CC(NC(=O)c3c(C)[nH]c(C)cc3=O)CC2=O)cc1. The van der Waals surface area contributed by atoms with E-state index >= 15 is 0 Å². The van der Waals surface area contributed by atoms with Crippen LogP contribution in [0.1, 0.15) is 33.7 Å². The van der Waals surface area contributed by atoms with Crippen LogP contribution in [0.25, 0.3) is 0 Å². The maximum absolute atomic E-state index is 12.5. The van der Waals surface area contributed by atoms with Crippen LogP contribution >= 0.6 is 0 Å². The molecule has 1 fully saturated rings. The van der Waals surface area contributed by atoms with E-state index in [9.17, 15) is 14.4 Å². The molecule has 1 aromatic heterocycles. The normalized spacial score (nSPS) is 16.3. The number of H-pyrrole nitrogens is 1. The van der Waals surface area contributed by atoms with Gasteiger partial charge in [-0.3, -0.25) is 14.4 Å². The molecule has 7 heteroatoms. The molecular weight excluding hydrogens is 358 g/mol. The van der Waals surface area contributed by atoms with Gasteiger partial charge in [-0.15, -0.1) is 0 Å². The zero-order valence-corrected chi connectivity index (χ0v) is 16.4. The van der Waals surface area contributed by atoms with Gasteiger partial charge in [-0.2, -0.15) is 0 Å². The van der Waals surface area contributed by atoms with Crippen molar-refractivity contribution in [2.75, 3.05) is 20.2 Å². The Morgan fingerprint density at radius 3 is 2.61 bits per heavy atom. The summed E-state index contributed by atoms with van der Waals surface area (Å²) in [5.74, 6) is 0.368. The lowest BCUT2D eigenvalue weighted by Gasteiger charge is -2.17. The number of likely N-dealkylation sites (tertiary alicyclic amines) is 1. The van der Waals surface area contributed by atoms with E-state index in [-0.39, 0.29) is 29.4 Å². The molecule has 7 nitrogen and oxygen atoms in total. The van der Waals surface area contributed by atoms with E-state index in [0.29, 0.717) is 24.5 Å². The lowest BCUT2D eigenvalue weighted by Crippen LogP contribution is -2.39. The Bertz CT molecular complexity index is 934. The molecule has 0 spiro atoms. The van der Waals surface area contributed by atoms with Crippen LogP contribution in [0.15, 0.2) is 35.1 Å². The fourth-order valence-electron chi connectivity index (χ4n) is 3.53. The molecule has 1 unspecified atom stereocenters. The Hall–Kier alpha value is -3.09. The highest BCUT2D eigenvalue weighted by Crippen LogP contribution is 2.15. The molecule has 28 heavy (non-hydrogen) atoms. The third-order valence-electron chi connectivity index (χ3n) is 4.96. The number of aromatic amines is 1. The van der Waals surface area contributed by atoms with Gasteiger partial charge in [0.25, 0.3) is 5.91 Å². The first kappa shape index (κ1) is 19.7. The number of aromatic nitrogens is 1. The zero-order valence-electron chi connectivity index (χ0n) is 16.4. The average molecular weight is 383 g/mol. The highest BCUT2D eigenvalue weighted by molar-refractivity contribution is 5.96. The quantitative estimate of drug-likeness (QED) is 0.792. The van der Waals surface area contributed by atoms with Crippen LogP contribution in [-0.2, 0) is 11.2 Å². The Balaban J connectivity index is 1.58. The van der Waals surface area contributed by atoms with E-state index in [4.69, 9.17) is 4.74 Å². The summed E-state index contributed by atoms with van der Waals surface area (Å²) >= 11 is 0. The number of benzene rings is 1. The largest absolute Gasteiger partial charge is 0.497 e. The molecule has 2 N–H and O–H groups in total. The Morgan fingerprint density at radius 1 is 1.25 bits per heavy atom. The summed E-state index contributed by atoms with van der Waals surface area (Å²) in [5.41, 5.74) is 2.15. The second kappa shape index (κ2) is 8.29. The highest BCUT2D eigenvalue weighted by Gasteiger charge is 2.31. The smallest absolute Gasteiger partial charge is 0.257 e. The molecule has 0 aliphatic carbocycles. The van der Waals surface area contributed by atoms with E-state index in [0.717, 1.165) is 17.7 Å². The van der Waals surface area contributed by atoms with Crippen molar-refractivity contribution < 1.29 is 14.3 Å². The van der Waals surface area contributed by atoms with Crippen LogP contribution in [0.4, 0.5) is 0 Å². The summed E-state index contributed by atoms with van der Waals surface area (Å²) in [6.45, 7) is 4.50. The standard InChI is InChI=1S/C21H25N3O4/c1-13-10-18(25)20(14(2)22-13)21(27)23-16-11-19(26)24(12-16)9-8-15-4-6-17(28-3)7-5-15/h4-7,10,16H,8-9,11-12H2,1-3H3,(H,22,25)(H,23,27). The molecular formula is C21H25N3O4. The number of hydrogen-bond acceptors (Lipinski definition) is 4. The van der Waals surface area contributed by atoms with E-state index < -0.39 is 5.91 Å². The molecule has 1 aliphatic heterocycles. The summed E-state index contributed by atoms with van der Waals surface area (Å²) in [6.07, 6.45) is 0.976. The third-order valence-corrected chi connectivity index (χ3v) is 4.96. The van der Waals surface area contributed by atoms with Gasteiger partial charge in [-0.05, 0) is 38.0 Å². The fraction of sp³-hybridized carbons (Fsp3) is 0.381. The molecule has 2 aromatic rings. The second-order valence-electron chi connectivity index (χ2n) is 7.13. The lowest BCUT2D eigenvalue weighted by atomic mass is 10.1. The number of aryl methyl sites for hydroxylation is 2. The van der Waals surface area contributed by atoms with Crippen LogP contribution in [0, 0.1) is 13.8 Å². The van der Waals surface area contributed by atoms with Crippen molar-refractivity contribution in [1.29, 1.82) is 0 Å². The van der Waals surface area contributed by atoms with Gasteiger partial charge in [0.15, 0.2) is 5.43 Å². The third kappa shape index (κ3) is 4.42. The molecule has 0 radical (unpaired) electrons. The van der Waals surface area contributed by atoms with Gasteiger partial charge in [0.05, 0.1) is 13.2 Å². The van der Waals surface area contributed by atoms with Crippen molar-refractivity contribution in [2.45, 2.75) is 32.7 Å². The Kier molecular flexibility index (Phi) is 5.82. The molecule has 3 rings (SSSR count). The fourth-order valence-corrected chi connectivity index (χ4v) is 3.53. The highest BCUT2D eigenvalue weighted by atomic mass is 16.5. The van der Waals surface area contributed by atoms with Crippen LogP contribution in [0.2, 0.25) is 0 Å². The van der Waals surface area contributed by atoms with E-state index in [1.165, 1.54) is 6.07 Å². The van der Waals surface area contributed by atoms with Crippen molar-refractivity contribution in [3.05, 3.63) is 63.1 Å². The minimum atomic E-state index is -0.437. The van der Waals surface area contributed by atoms with Crippen LogP contribution < -0.4 is 15.5 Å². The molecule has 1 atom stereocenters. The van der Waals surface area contributed by atoms with Crippen LogP contribution in [0.3, 0.4) is 0 Å². The zero-order chi connectivity index (χ0) is 20.3. The summed E-state index contributed by atoms with van der Waals surface area (Å²) < 4.78 is 5.15. The number of carbonyl (C=O) groups excluding carboxylic acids is 2. The maximum Gasteiger partial charge on any atom is 0.257 e. The number of carbonyl (C=O) groups is 2. The van der Waals surface area contributed by atoms with Gasteiger partial charge >= 0.3 is 0 Å². The second-order valence-corrected chi connectivity index (χ2v) is 7.13. The van der Waals surface area contributed by atoms with E-state index in [2.05, 4.69) is 10.3 Å². The predicted molar refractivity (Wildman–Crippen MR) is 106 cm³/mol. The summed E-state index contributed by atoms with van der Waals surface area (Å²) in [5, 5.41) is 2.83. The maximum atomic E-state index is 12.5. The van der Waals surface area contributed by atoms with Crippen molar-refractivity contribution in [2.24, 2.45) is 0 Å². The minimum Gasteiger partial charge on any atom is -0.497 e. The van der Waals surface area contributed by atoms with Crippen molar-refractivity contribution in [3.8, 4) is 5.75 Å². The molecule has 0 saturated carbocycles. The number of amides is 2. The molecule has 1 saturated heterocycles. The van der Waals surface area contributed by atoms with Gasteiger partial charge in [0.1, 0.15) is 11.3 Å². The van der Waals surface area contributed by atoms with Gasteiger partial charge in [-0.25, -0.2) is 0 Å². The van der Waals surface area contributed by atoms with Crippen molar-refractivity contribution in [1.82, 2.24) is 15.2 Å². The van der Waals surface area contributed by atoms with E-state index in [1.54, 1.807) is 25.9 Å². The number of methoxy groups -OCH3 is 1. The topological polar surface area (TPSA) is 91.5 Å². The van der Waals surface area contributed by atoms with Crippen molar-refractivity contribution in [3.63, 3.8) is 0 Å². The molecule has 1 aromatic carbocycles. The summed E-state index contributed by atoms with van der Waals surface area (Å²) in [4.78, 5) is 41.7. The number of ether oxygens (including phenoxy) is 1. The summed E-state index contributed by atoms with van der Waals surface area (Å²) in [6, 6.07) is 8.85. The van der Waals surface area contributed by atoms with Crippen molar-refractivity contribution >= 4 is 11.8 Å². The first-order chi connectivity index (χ1) is 13.4. The monoisotopic (exact) mass is 383 g/mol. The van der Waals surface area contributed by atoms with Gasteiger partial charge in [-0.1, -0.05) is 12.1 Å². The first-order valence-corrected chi connectivity index (χ1v) is 9.29. The van der Waals surface area contributed by atoms with Crippen LogP contribution in [0.5, 0.6) is 5.75 Å². The summed E-state index contributed by atoms with van der Waals surface area (Å²) in [7, 11) is 1.62. The van der Waals surface area contributed by atoms with Gasteiger partial charge in [0, 0.05) is 37.0 Å². The van der Waals surface area contributed by atoms with Crippen LogP contribution in [-0.4, -0.2) is 47.9 Å². The number of hydrogen-bond donors (Lipinski definition) is 2. The number of nitrogens with zero attached hydrogens (tertiary/aromatic N) is 1. The average Bonchev–Trinajstić information content (AvgIpc) is 2.98. The molecule has 2 heterocycles. The minimum absolute atomic E-state index is 0.00773. The molecule has 1 aliphatic rings. The molecule has 0 bridgehead atoms. The predicted octanol–water partition coefficient (Wildman–Crippen LogP) is 1.57. The molecule has 148 valence electrons. The Labute approximate surface area is 163 Å². The first-order valence-electron chi connectivity index (χ1n) is 9.29. The van der Waals surface area contributed by atoms with Gasteiger partial charge in [0.2, 0.25) is 5.91 Å². The number of rotatable bonds is 6. The Morgan fingerprint density at radius 2 is 1.96 bits per heavy atom. The number of pyridine rings is 1. The molecule has 2 amide bonds.